The first-order valence-electron chi connectivity index (χ1n) is 7.70. The molecular formula is C16H23N5. The van der Waals surface area contributed by atoms with Crippen molar-refractivity contribution in [1.29, 1.82) is 0 Å². The van der Waals surface area contributed by atoms with Crippen LogP contribution in [0.5, 0.6) is 0 Å². The van der Waals surface area contributed by atoms with Gasteiger partial charge in [0.05, 0.1) is 11.4 Å². The number of hydrogen-bond acceptors (Lipinski definition) is 4. The van der Waals surface area contributed by atoms with E-state index in [1.165, 1.54) is 11.4 Å². The molecule has 0 radical (unpaired) electrons. The maximum atomic E-state index is 4.49. The average molecular weight is 285 g/mol. The molecule has 1 aliphatic heterocycles. The highest BCUT2D eigenvalue weighted by Gasteiger charge is 2.20. The normalized spacial score (nSPS) is 16.2. The molecule has 3 heterocycles. The quantitative estimate of drug-likeness (QED) is 0.937. The summed E-state index contributed by atoms with van der Waals surface area (Å²) < 4.78 is 1.90. The summed E-state index contributed by atoms with van der Waals surface area (Å²) in [7, 11) is 1.98. The maximum Gasteiger partial charge on any atom is 0.0853 e. The molecule has 2 aromatic heterocycles. The highest BCUT2D eigenvalue weighted by atomic mass is 15.3. The zero-order chi connectivity index (χ0) is 14.7. The average Bonchev–Trinajstić information content (AvgIpc) is 2.88. The Labute approximate surface area is 126 Å². The third-order valence-corrected chi connectivity index (χ3v) is 4.12. The van der Waals surface area contributed by atoms with E-state index in [1.807, 2.05) is 24.1 Å². The van der Waals surface area contributed by atoms with Crippen LogP contribution in [0.3, 0.4) is 0 Å². The Kier molecular flexibility index (Phi) is 4.08. The number of rotatable bonds is 4. The van der Waals surface area contributed by atoms with Gasteiger partial charge in [0.25, 0.3) is 0 Å². The summed E-state index contributed by atoms with van der Waals surface area (Å²) in [5.41, 5.74) is 3.63. The minimum Gasteiger partial charge on any atom is -0.379 e. The first-order valence-corrected chi connectivity index (χ1v) is 7.70. The third kappa shape index (κ3) is 3.17. The zero-order valence-electron chi connectivity index (χ0n) is 12.8. The van der Waals surface area contributed by atoms with Gasteiger partial charge in [0.15, 0.2) is 0 Å². The molecule has 0 amide bonds. The second kappa shape index (κ2) is 6.16. The summed E-state index contributed by atoms with van der Waals surface area (Å²) in [6.45, 7) is 4.33. The number of aryl methyl sites for hydroxylation is 2. The van der Waals surface area contributed by atoms with E-state index in [9.17, 15) is 0 Å². The van der Waals surface area contributed by atoms with E-state index in [0.29, 0.717) is 6.04 Å². The first-order chi connectivity index (χ1) is 10.3. The zero-order valence-corrected chi connectivity index (χ0v) is 12.8. The van der Waals surface area contributed by atoms with E-state index < -0.39 is 0 Å². The predicted octanol–water partition coefficient (Wildman–Crippen LogP) is 2.46. The van der Waals surface area contributed by atoms with E-state index in [2.05, 4.69) is 45.6 Å². The molecule has 3 rings (SSSR count). The van der Waals surface area contributed by atoms with Gasteiger partial charge in [-0.3, -0.25) is 9.67 Å². The fourth-order valence-electron chi connectivity index (χ4n) is 2.97. The van der Waals surface area contributed by atoms with Gasteiger partial charge in [-0.15, -0.1) is 0 Å². The molecular weight excluding hydrogens is 262 g/mol. The van der Waals surface area contributed by atoms with E-state index in [0.717, 1.165) is 38.0 Å². The summed E-state index contributed by atoms with van der Waals surface area (Å²) in [6, 6.07) is 4.71. The number of piperidine rings is 1. The van der Waals surface area contributed by atoms with Crippen molar-refractivity contribution in [3.8, 4) is 0 Å². The molecule has 0 atom stereocenters. The van der Waals surface area contributed by atoms with E-state index >= 15 is 0 Å². The van der Waals surface area contributed by atoms with Crippen LogP contribution in [0.25, 0.3) is 0 Å². The summed E-state index contributed by atoms with van der Waals surface area (Å²) in [5, 5.41) is 8.16. The molecule has 0 aliphatic carbocycles. The van der Waals surface area contributed by atoms with Crippen LogP contribution in [-0.4, -0.2) is 33.9 Å². The molecule has 2 aromatic rings. The van der Waals surface area contributed by atoms with Gasteiger partial charge in [-0.25, -0.2) is 0 Å². The highest BCUT2D eigenvalue weighted by Crippen LogP contribution is 2.23. The number of anilines is 2. The second-order valence-electron chi connectivity index (χ2n) is 5.63. The molecule has 1 aliphatic rings. The lowest BCUT2D eigenvalue weighted by Crippen LogP contribution is -2.39. The van der Waals surface area contributed by atoms with E-state index in [-0.39, 0.29) is 0 Å². The van der Waals surface area contributed by atoms with Gasteiger partial charge in [-0.05, 0) is 31.4 Å². The number of aromatic nitrogens is 3. The Morgan fingerprint density at radius 2 is 1.95 bits per heavy atom. The SMILES string of the molecule is CCc1nn(C)cc1NC1CCN(c2ccncc2)CC1. The van der Waals surface area contributed by atoms with Crippen LogP contribution in [-0.2, 0) is 13.5 Å². The van der Waals surface area contributed by atoms with Crippen molar-refractivity contribution in [3.63, 3.8) is 0 Å². The lowest BCUT2D eigenvalue weighted by atomic mass is 10.0. The topological polar surface area (TPSA) is 46.0 Å². The van der Waals surface area contributed by atoms with Crippen molar-refractivity contribution in [2.75, 3.05) is 23.3 Å². The fraction of sp³-hybridized carbons (Fsp3) is 0.500. The Hall–Kier alpha value is -2.04. The van der Waals surface area contributed by atoms with Crippen LogP contribution in [0.1, 0.15) is 25.5 Å². The third-order valence-electron chi connectivity index (χ3n) is 4.12. The van der Waals surface area contributed by atoms with E-state index in [1.54, 1.807) is 0 Å². The van der Waals surface area contributed by atoms with Gasteiger partial charge in [0.2, 0.25) is 0 Å². The molecule has 5 heteroatoms. The highest BCUT2D eigenvalue weighted by molar-refractivity contribution is 5.49. The van der Waals surface area contributed by atoms with Crippen LogP contribution in [0, 0.1) is 0 Å². The number of nitrogens with zero attached hydrogens (tertiary/aromatic N) is 4. The number of pyridine rings is 1. The van der Waals surface area contributed by atoms with Crippen molar-refractivity contribution < 1.29 is 0 Å². The van der Waals surface area contributed by atoms with Crippen molar-refractivity contribution >= 4 is 11.4 Å². The van der Waals surface area contributed by atoms with Gasteiger partial charge in [-0.2, -0.15) is 5.10 Å². The Bertz CT molecular complexity index is 570. The van der Waals surface area contributed by atoms with Gasteiger partial charge >= 0.3 is 0 Å². The van der Waals surface area contributed by atoms with Crippen LogP contribution in [0.2, 0.25) is 0 Å². The predicted molar refractivity (Wildman–Crippen MR) is 85.7 cm³/mol. The molecule has 1 fully saturated rings. The summed E-state index contributed by atoms with van der Waals surface area (Å²) in [6.07, 6.45) is 9.10. The number of hydrogen-bond donors (Lipinski definition) is 1. The number of nitrogens with one attached hydrogen (secondary N) is 1. The van der Waals surface area contributed by atoms with Gasteiger partial charge in [0, 0.05) is 50.5 Å². The molecule has 0 bridgehead atoms. The van der Waals surface area contributed by atoms with Crippen LogP contribution in [0.4, 0.5) is 11.4 Å². The lowest BCUT2D eigenvalue weighted by Gasteiger charge is -2.34. The standard InChI is InChI=1S/C16H23N5/c1-3-15-16(12-20(2)19-15)18-13-6-10-21(11-7-13)14-4-8-17-9-5-14/h4-5,8-9,12-13,18H,3,6-7,10-11H2,1-2H3. The molecule has 0 spiro atoms. The van der Waals surface area contributed by atoms with Gasteiger partial charge < -0.3 is 10.2 Å². The molecule has 1 saturated heterocycles. The summed E-state index contributed by atoms with van der Waals surface area (Å²) in [5.74, 6) is 0. The largest absolute Gasteiger partial charge is 0.379 e. The summed E-state index contributed by atoms with van der Waals surface area (Å²) >= 11 is 0. The molecule has 1 N–H and O–H groups in total. The summed E-state index contributed by atoms with van der Waals surface area (Å²) in [4.78, 5) is 6.52. The first kappa shape index (κ1) is 13.9. The fourth-order valence-corrected chi connectivity index (χ4v) is 2.97. The van der Waals surface area contributed by atoms with Crippen LogP contribution < -0.4 is 10.2 Å². The molecule has 0 saturated carbocycles. The minimum atomic E-state index is 0.539. The minimum absolute atomic E-state index is 0.539. The van der Waals surface area contributed by atoms with Gasteiger partial charge in [0.1, 0.15) is 0 Å². The molecule has 112 valence electrons. The second-order valence-corrected chi connectivity index (χ2v) is 5.63. The lowest BCUT2D eigenvalue weighted by molar-refractivity contribution is 0.526. The Balaban J connectivity index is 1.58. The monoisotopic (exact) mass is 285 g/mol. The Morgan fingerprint density at radius 3 is 2.62 bits per heavy atom. The van der Waals surface area contributed by atoms with Gasteiger partial charge in [-0.1, -0.05) is 6.92 Å². The van der Waals surface area contributed by atoms with Crippen LogP contribution in [0.15, 0.2) is 30.7 Å². The molecule has 0 aromatic carbocycles. The smallest absolute Gasteiger partial charge is 0.0853 e. The molecule has 5 nitrogen and oxygen atoms in total. The van der Waals surface area contributed by atoms with Crippen LogP contribution >= 0.6 is 0 Å². The molecule has 21 heavy (non-hydrogen) atoms. The maximum absolute atomic E-state index is 4.49. The van der Waals surface area contributed by atoms with Crippen molar-refractivity contribution in [3.05, 3.63) is 36.4 Å². The van der Waals surface area contributed by atoms with Crippen molar-refractivity contribution in [2.24, 2.45) is 7.05 Å². The molecule has 0 unspecified atom stereocenters. The Morgan fingerprint density at radius 1 is 1.24 bits per heavy atom. The van der Waals surface area contributed by atoms with Crippen molar-refractivity contribution in [1.82, 2.24) is 14.8 Å². The van der Waals surface area contributed by atoms with Crippen molar-refractivity contribution in [2.45, 2.75) is 32.2 Å². The van der Waals surface area contributed by atoms with E-state index in [4.69, 9.17) is 0 Å².